The highest BCUT2D eigenvalue weighted by Crippen LogP contribution is 2.25. The van der Waals surface area contributed by atoms with Gasteiger partial charge in [0.05, 0.1) is 6.61 Å². The van der Waals surface area contributed by atoms with Crippen molar-refractivity contribution in [3.8, 4) is 5.88 Å². The van der Waals surface area contributed by atoms with Crippen LogP contribution >= 0.6 is 23.2 Å². The number of likely N-dealkylation sites (tertiary alicyclic amines) is 1. The van der Waals surface area contributed by atoms with Gasteiger partial charge in [0.2, 0.25) is 11.8 Å². The summed E-state index contributed by atoms with van der Waals surface area (Å²) in [4.78, 5) is 31.6. The topological polar surface area (TPSA) is 71.5 Å². The first-order chi connectivity index (χ1) is 14.5. The molecule has 30 heavy (non-hydrogen) atoms. The molecule has 1 N–H and O–H groups in total. The molecule has 1 fully saturated rings. The number of carbonyl (C=O) groups excluding carboxylic acids is 2. The summed E-state index contributed by atoms with van der Waals surface area (Å²) >= 11 is 12.1. The minimum atomic E-state index is -0.531. The van der Waals surface area contributed by atoms with E-state index >= 15 is 0 Å². The van der Waals surface area contributed by atoms with Crippen LogP contribution in [0.1, 0.15) is 48.5 Å². The van der Waals surface area contributed by atoms with Crippen LogP contribution in [0.5, 0.6) is 5.88 Å². The summed E-state index contributed by atoms with van der Waals surface area (Å²) in [6.45, 7) is 3.48. The lowest BCUT2D eigenvalue weighted by atomic mass is 10.1. The lowest BCUT2D eigenvalue weighted by Crippen LogP contribution is -2.45. The molecule has 6 nitrogen and oxygen atoms in total. The van der Waals surface area contributed by atoms with Crippen LogP contribution in [-0.4, -0.2) is 40.9 Å². The number of aromatic nitrogens is 1. The number of ether oxygens (including phenoxy) is 1. The first-order valence-corrected chi connectivity index (χ1v) is 10.9. The van der Waals surface area contributed by atoms with Crippen molar-refractivity contribution in [3.05, 3.63) is 57.7 Å². The molecule has 1 aliphatic rings. The molecular formula is C22H25Cl2N3O3. The standard InChI is InChI=1S/C22H25Cl2N3O3/c1-2-3-10-30-21-15(6-4-8-25-21)14-26-20(28)19-7-5-9-27(19)22(29)16-11-17(23)13-18(24)12-16/h4,6,8,11-13,19H,2-3,5,7,9-10,14H2,1H3,(H,26,28). The van der Waals surface area contributed by atoms with Crippen LogP contribution in [0.25, 0.3) is 0 Å². The van der Waals surface area contributed by atoms with E-state index in [1.807, 2.05) is 12.1 Å². The van der Waals surface area contributed by atoms with E-state index < -0.39 is 6.04 Å². The van der Waals surface area contributed by atoms with E-state index in [-0.39, 0.29) is 18.4 Å². The Balaban J connectivity index is 1.64. The Morgan fingerprint density at radius 2 is 2.03 bits per heavy atom. The van der Waals surface area contributed by atoms with E-state index in [1.54, 1.807) is 29.3 Å². The Hall–Kier alpha value is -2.31. The van der Waals surface area contributed by atoms with Gasteiger partial charge in [-0.05, 0) is 43.5 Å². The number of rotatable bonds is 8. The molecule has 0 saturated carbocycles. The highest BCUT2D eigenvalue weighted by molar-refractivity contribution is 6.35. The normalized spacial score (nSPS) is 15.8. The molecule has 2 heterocycles. The summed E-state index contributed by atoms with van der Waals surface area (Å²) < 4.78 is 5.72. The van der Waals surface area contributed by atoms with Gasteiger partial charge in [-0.25, -0.2) is 4.98 Å². The number of pyridine rings is 1. The highest BCUT2D eigenvalue weighted by Gasteiger charge is 2.34. The van der Waals surface area contributed by atoms with Gasteiger partial charge < -0.3 is 15.0 Å². The third-order valence-corrected chi connectivity index (χ3v) is 5.40. The number of hydrogen-bond acceptors (Lipinski definition) is 4. The van der Waals surface area contributed by atoms with Crippen molar-refractivity contribution in [2.45, 2.75) is 45.2 Å². The molecule has 0 aliphatic carbocycles. The van der Waals surface area contributed by atoms with Crippen LogP contribution in [-0.2, 0) is 11.3 Å². The molecule has 1 unspecified atom stereocenters. The predicted molar refractivity (Wildman–Crippen MR) is 117 cm³/mol. The Kier molecular flexibility index (Phi) is 7.94. The molecule has 160 valence electrons. The molecule has 2 aromatic rings. The third-order valence-electron chi connectivity index (χ3n) is 4.97. The molecule has 1 saturated heterocycles. The van der Waals surface area contributed by atoms with Crippen LogP contribution in [0.15, 0.2) is 36.5 Å². The molecule has 1 aromatic heterocycles. The second-order valence-electron chi connectivity index (χ2n) is 7.20. The summed E-state index contributed by atoms with van der Waals surface area (Å²) in [6, 6.07) is 7.86. The van der Waals surface area contributed by atoms with Gasteiger partial charge in [0.1, 0.15) is 6.04 Å². The van der Waals surface area contributed by atoms with Gasteiger partial charge in [-0.2, -0.15) is 0 Å². The lowest BCUT2D eigenvalue weighted by Gasteiger charge is -2.24. The smallest absolute Gasteiger partial charge is 0.254 e. The van der Waals surface area contributed by atoms with Gasteiger partial charge in [0.25, 0.3) is 5.91 Å². The van der Waals surface area contributed by atoms with Gasteiger partial charge in [-0.15, -0.1) is 0 Å². The number of halogens is 2. The lowest BCUT2D eigenvalue weighted by molar-refractivity contribution is -0.125. The third kappa shape index (κ3) is 5.64. The van der Waals surface area contributed by atoms with Crippen LogP contribution in [0.3, 0.4) is 0 Å². The van der Waals surface area contributed by atoms with Crippen LogP contribution in [0.2, 0.25) is 10.0 Å². The second-order valence-corrected chi connectivity index (χ2v) is 8.08. The average molecular weight is 450 g/mol. The molecule has 8 heteroatoms. The monoisotopic (exact) mass is 449 g/mol. The number of amides is 2. The van der Waals surface area contributed by atoms with Crippen molar-refractivity contribution < 1.29 is 14.3 Å². The Bertz CT molecular complexity index is 887. The summed E-state index contributed by atoms with van der Waals surface area (Å²) in [5, 5.41) is 3.70. The fraction of sp³-hybridized carbons (Fsp3) is 0.409. The number of unbranched alkanes of at least 4 members (excludes halogenated alkanes) is 1. The highest BCUT2D eigenvalue weighted by atomic mass is 35.5. The molecule has 3 rings (SSSR count). The number of carbonyl (C=O) groups is 2. The van der Waals surface area contributed by atoms with E-state index in [0.29, 0.717) is 41.1 Å². The van der Waals surface area contributed by atoms with Crippen LogP contribution in [0.4, 0.5) is 0 Å². The molecule has 0 spiro atoms. The van der Waals surface area contributed by atoms with Crippen molar-refractivity contribution in [2.24, 2.45) is 0 Å². The average Bonchev–Trinajstić information content (AvgIpc) is 3.21. The van der Waals surface area contributed by atoms with Gasteiger partial charge >= 0.3 is 0 Å². The first-order valence-electron chi connectivity index (χ1n) is 10.1. The zero-order valence-corrected chi connectivity index (χ0v) is 18.4. The molecule has 0 bridgehead atoms. The van der Waals surface area contributed by atoms with Crippen molar-refractivity contribution in [1.29, 1.82) is 0 Å². The Labute approximate surface area is 186 Å². The maximum absolute atomic E-state index is 12.9. The Morgan fingerprint density at radius 1 is 1.27 bits per heavy atom. The van der Waals surface area contributed by atoms with Gasteiger partial charge in [0.15, 0.2) is 0 Å². The van der Waals surface area contributed by atoms with Crippen molar-refractivity contribution in [3.63, 3.8) is 0 Å². The minimum Gasteiger partial charge on any atom is -0.477 e. The zero-order valence-electron chi connectivity index (χ0n) is 16.9. The van der Waals surface area contributed by atoms with Crippen molar-refractivity contribution in [1.82, 2.24) is 15.2 Å². The van der Waals surface area contributed by atoms with E-state index in [4.69, 9.17) is 27.9 Å². The summed E-state index contributed by atoms with van der Waals surface area (Å²) in [5.74, 6) is 0.0820. The van der Waals surface area contributed by atoms with Crippen LogP contribution in [0, 0.1) is 0 Å². The second kappa shape index (κ2) is 10.6. The SMILES string of the molecule is CCCCOc1ncccc1CNC(=O)C1CCCN1C(=O)c1cc(Cl)cc(Cl)c1. The fourth-order valence-corrected chi connectivity index (χ4v) is 3.95. The molecule has 1 aliphatic heterocycles. The van der Waals surface area contributed by atoms with Gasteiger partial charge in [-0.1, -0.05) is 42.6 Å². The molecule has 1 atom stereocenters. The fourth-order valence-electron chi connectivity index (χ4n) is 3.43. The summed E-state index contributed by atoms with van der Waals surface area (Å²) in [7, 11) is 0. The number of nitrogens with one attached hydrogen (secondary N) is 1. The van der Waals surface area contributed by atoms with Crippen molar-refractivity contribution >= 4 is 35.0 Å². The number of benzene rings is 1. The largest absolute Gasteiger partial charge is 0.477 e. The number of nitrogens with zero attached hydrogens (tertiary/aromatic N) is 2. The van der Waals surface area contributed by atoms with Crippen LogP contribution < -0.4 is 10.1 Å². The minimum absolute atomic E-state index is 0.197. The predicted octanol–water partition coefficient (Wildman–Crippen LogP) is 4.49. The molecule has 0 radical (unpaired) electrons. The maximum Gasteiger partial charge on any atom is 0.254 e. The van der Waals surface area contributed by atoms with E-state index in [2.05, 4.69) is 17.2 Å². The molecule has 1 aromatic carbocycles. The van der Waals surface area contributed by atoms with E-state index in [9.17, 15) is 9.59 Å². The molecule has 2 amide bonds. The van der Waals surface area contributed by atoms with E-state index in [0.717, 1.165) is 24.8 Å². The van der Waals surface area contributed by atoms with Gasteiger partial charge in [0, 0.05) is 40.5 Å². The maximum atomic E-state index is 12.9. The first kappa shape index (κ1) is 22.4. The number of hydrogen-bond donors (Lipinski definition) is 1. The van der Waals surface area contributed by atoms with E-state index in [1.165, 1.54) is 0 Å². The zero-order chi connectivity index (χ0) is 21.5. The Morgan fingerprint density at radius 3 is 2.77 bits per heavy atom. The molecular weight excluding hydrogens is 425 g/mol. The quantitative estimate of drug-likeness (QED) is 0.602. The van der Waals surface area contributed by atoms with Gasteiger partial charge in [-0.3, -0.25) is 9.59 Å². The summed E-state index contributed by atoms with van der Waals surface area (Å²) in [5.41, 5.74) is 1.19. The summed E-state index contributed by atoms with van der Waals surface area (Å²) in [6.07, 6.45) is 5.01. The van der Waals surface area contributed by atoms with Crippen molar-refractivity contribution in [2.75, 3.05) is 13.2 Å².